The van der Waals surface area contributed by atoms with E-state index in [1.165, 1.54) is 23.9 Å². The second kappa shape index (κ2) is 9.04. The smallest absolute Gasteiger partial charge is 0.387 e. The van der Waals surface area contributed by atoms with Gasteiger partial charge in [0.2, 0.25) is 0 Å². The summed E-state index contributed by atoms with van der Waals surface area (Å²) in [6.07, 6.45) is 3.26. The minimum absolute atomic E-state index is 0.0112. The average molecular weight is 419 g/mol. The zero-order valence-corrected chi connectivity index (χ0v) is 16.7. The molecule has 9 heteroatoms. The number of alkyl halides is 2. The molecular formula is C20H19F2N3O3S. The molecule has 0 amide bonds. The number of hydrogen-bond donors (Lipinski definition) is 0. The lowest BCUT2D eigenvalue weighted by molar-refractivity contribution is -0.0501. The van der Waals surface area contributed by atoms with Gasteiger partial charge in [0.1, 0.15) is 11.5 Å². The highest BCUT2D eigenvalue weighted by Gasteiger charge is 2.20. The van der Waals surface area contributed by atoms with Gasteiger partial charge in [0.15, 0.2) is 16.8 Å². The number of benzene rings is 1. The van der Waals surface area contributed by atoms with Crippen LogP contribution in [-0.2, 0) is 6.54 Å². The van der Waals surface area contributed by atoms with Crippen LogP contribution in [0.25, 0.3) is 11.4 Å². The molecule has 0 radical (unpaired) electrons. The third-order valence-corrected chi connectivity index (χ3v) is 5.08. The molecule has 1 aromatic carbocycles. The molecule has 0 atom stereocenters. The van der Waals surface area contributed by atoms with Crippen molar-refractivity contribution in [1.29, 1.82) is 0 Å². The van der Waals surface area contributed by atoms with E-state index in [9.17, 15) is 13.6 Å². The van der Waals surface area contributed by atoms with Crippen molar-refractivity contribution in [3.05, 3.63) is 60.1 Å². The van der Waals surface area contributed by atoms with E-state index in [-0.39, 0.29) is 22.8 Å². The van der Waals surface area contributed by atoms with E-state index in [0.717, 1.165) is 11.1 Å². The monoisotopic (exact) mass is 419 g/mol. The van der Waals surface area contributed by atoms with Gasteiger partial charge in [0, 0.05) is 6.54 Å². The lowest BCUT2D eigenvalue weighted by Crippen LogP contribution is -2.10. The van der Waals surface area contributed by atoms with Gasteiger partial charge in [-0.2, -0.15) is 8.78 Å². The molecule has 0 saturated carbocycles. The van der Waals surface area contributed by atoms with E-state index in [1.54, 1.807) is 31.4 Å². The van der Waals surface area contributed by atoms with Crippen molar-refractivity contribution >= 4 is 17.5 Å². The number of rotatable bonds is 9. The third-order valence-electron chi connectivity index (χ3n) is 4.11. The number of furan rings is 1. The van der Waals surface area contributed by atoms with Crippen molar-refractivity contribution in [1.82, 2.24) is 14.8 Å². The van der Waals surface area contributed by atoms with Gasteiger partial charge in [0.25, 0.3) is 0 Å². The summed E-state index contributed by atoms with van der Waals surface area (Å²) in [5.74, 6) is 0.803. The fourth-order valence-corrected chi connectivity index (χ4v) is 3.60. The molecule has 0 spiro atoms. The second-order valence-electron chi connectivity index (χ2n) is 6.19. The number of aryl methyl sites for hydroxylation is 2. The standard InChI is InChI=1S/C20H19F2N3O3S/c1-4-8-25-18(14-7-9-27-13(14)3)23-24-20(25)29-11-16(26)15-10-12(2)5-6-17(15)28-19(21)22/h4-7,9-10,19H,1,8,11H2,2-3H3. The Kier molecular flexibility index (Phi) is 6.48. The molecule has 0 bridgehead atoms. The molecule has 0 aliphatic heterocycles. The van der Waals surface area contributed by atoms with E-state index in [2.05, 4.69) is 21.5 Å². The van der Waals surface area contributed by atoms with Crippen LogP contribution in [-0.4, -0.2) is 32.9 Å². The fraction of sp³-hybridized carbons (Fsp3) is 0.250. The Morgan fingerprint density at radius 1 is 1.34 bits per heavy atom. The summed E-state index contributed by atoms with van der Waals surface area (Å²) in [7, 11) is 0. The Labute approximate surface area is 170 Å². The van der Waals surface area contributed by atoms with Gasteiger partial charge in [-0.15, -0.1) is 16.8 Å². The first kappa shape index (κ1) is 20.8. The van der Waals surface area contributed by atoms with Gasteiger partial charge in [-0.05, 0) is 32.0 Å². The summed E-state index contributed by atoms with van der Waals surface area (Å²) in [5.41, 5.74) is 1.68. The normalized spacial score (nSPS) is 11.1. The number of thioether (sulfide) groups is 1. The molecule has 3 rings (SSSR count). The van der Waals surface area contributed by atoms with E-state index in [4.69, 9.17) is 4.42 Å². The Morgan fingerprint density at radius 3 is 2.79 bits per heavy atom. The predicted octanol–water partition coefficient (Wildman–Crippen LogP) is 4.92. The molecule has 3 aromatic rings. The maximum Gasteiger partial charge on any atom is 0.387 e. The number of ether oxygens (including phenoxy) is 1. The van der Waals surface area contributed by atoms with Gasteiger partial charge >= 0.3 is 6.61 Å². The largest absolute Gasteiger partial charge is 0.469 e. The molecule has 0 N–H and O–H groups in total. The number of Topliss-reactive ketones (excluding diaryl/α,β-unsaturated/α-hetero) is 1. The van der Waals surface area contributed by atoms with E-state index in [1.807, 2.05) is 11.5 Å². The van der Waals surface area contributed by atoms with Crippen molar-refractivity contribution in [2.75, 3.05) is 5.75 Å². The summed E-state index contributed by atoms with van der Waals surface area (Å²) in [6.45, 7) is 4.78. The highest BCUT2D eigenvalue weighted by molar-refractivity contribution is 7.99. The van der Waals surface area contributed by atoms with Crippen LogP contribution >= 0.6 is 11.8 Å². The SMILES string of the molecule is C=CCn1c(SCC(=O)c2cc(C)ccc2OC(F)F)nnc1-c1ccoc1C. The predicted molar refractivity (Wildman–Crippen MR) is 106 cm³/mol. The molecule has 6 nitrogen and oxygen atoms in total. The number of carbonyl (C=O) groups is 1. The van der Waals surface area contributed by atoms with E-state index >= 15 is 0 Å². The van der Waals surface area contributed by atoms with Crippen LogP contribution in [0.2, 0.25) is 0 Å². The molecule has 0 saturated heterocycles. The van der Waals surface area contributed by atoms with Crippen LogP contribution in [0, 0.1) is 13.8 Å². The van der Waals surface area contributed by atoms with Crippen LogP contribution in [0.5, 0.6) is 5.75 Å². The molecule has 152 valence electrons. The number of halogens is 2. The summed E-state index contributed by atoms with van der Waals surface area (Å²) in [5, 5.41) is 8.89. The van der Waals surface area contributed by atoms with Gasteiger partial charge in [-0.1, -0.05) is 29.5 Å². The number of allylic oxidation sites excluding steroid dienone is 1. The second-order valence-corrected chi connectivity index (χ2v) is 7.13. The van der Waals surface area contributed by atoms with Crippen molar-refractivity contribution in [2.24, 2.45) is 0 Å². The van der Waals surface area contributed by atoms with Crippen molar-refractivity contribution in [2.45, 2.75) is 32.2 Å². The van der Waals surface area contributed by atoms with Crippen LogP contribution in [0.15, 0.2) is 52.8 Å². The van der Waals surface area contributed by atoms with Crippen molar-refractivity contribution in [3.8, 4) is 17.1 Å². The summed E-state index contributed by atoms with van der Waals surface area (Å²) in [6, 6.07) is 6.32. The van der Waals surface area contributed by atoms with Gasteiger partial charge in [-0.3, -0.25) is 9.36 Å². The highest BCUT2D eigenvalue weighted by Crippen LogP contribution is 2.29. The Balaban J connectivity index is 1.83. The van der Waals surface area contributed by atoms with E-state index in [0.29, 0.717) is 23.3 Å². The maximum atomic E-state index is 12.7. The zero-order chi connectivity index (χ0) is 21.0. The molecule has 2 heterocycles. The van der Waals surface area contributed by atoms with Crippen molar-refractivity contribution < 1.29 is 22.7 Å². The van der Waals surface area contributed by atoms with Crippen LogP contribution < -0.4 is 4.74 Å². The van der Waals surface area contributed by atoms with Crippen LogP contribution in [0.4, 0.5) is 8.78 Å². The first-order valence-electron chi connectivity index (χ1n) is 8.70. The van der Waals surface area contributed by atoms with Crippen molar-refractivity contribution in [3.63, 3.8) is 0 Å². The third kappa shape index (κ3) is 4.73. The Hall–Kier alpha value is -2.94. The highest BCUT2D eigenvalue weighted by atomic mass is 32.2. The lowest BCUT2D eigenvalue weighted by Gasteiger charge is -2.11. The first-order valence-corrected chi connectivity index (χ1v) is 9.69. The number of carbonyl (C=O) groups excluding carboxylic acids is 1. The molecule has 0 aliphatic carbocycles. The van der Waals surface area contributed by atoms with Gasteiger partial charge in [0.05, 0.1) is 23.1 Å². The first-order chi connectivity index (χ1) is 13.9. The summed E-state index contributed by atoms with van der Waals surface area (Å²) >= 11 is 1.17. The molecule has 2 aromatic heterocycles. The number of hydrogen-bond acceptors (Lipinski definition) is 6. The fourth-order valence-electron chi connectivity index (χ4n) is 2.77. The number of aromatic nitrogens is 3. The molecule has 0 aliphatic rings. The summed E-state index contributed by atoms with van der Waals surface area (Å²) in [4.78, 5) is 12.7. The Morgan fingerprint density at radius 2 is 2.14 bits per heavy atom. The zero-order valence-electron chi connectivity index (χ0n) is 15.9. The van der Waals surface area contributed by atoms with E-state index < -0.39 is 6.61 Å². The Bertz CT molecular complexity index is 1030. The molecule has 0 unspecified atom stereocenters. The number of ketones is 1. The topological polar surface area (TPSA) is 70.2 Å². The molecule has 0 fully saturated rings. The summed E-state index contributed by atoms with van der Waals surface area (Å²) < 4.78 is 36.9. The number of nitrogens with zero attached hydrogens (tertiary/aromatic N) is 3. The maximum absolute atomic E-state index is 12.7. The molecule has 29 heavy (non-hydrogen) atoms. The van der Waals surface area contributed by atoms with Crippen LogP contribution in [0.1, 0.15) is 21.7 Å². The molecular weight excluding hydrogens is 400 g/mol. The quantitative estimate of drug-likeness (QED) is 0.279. The minimum atomic E-state index is -3.01. The van der Waals surface area contributed by atoms with Crippen LogP contribution in [0.3, 0.4) is 0 Å². The average Bonchev–Trinajstić information content (AvgIpc) is 3.27. The van der Waals surface area contributed by atoms with Gasteiger partial charge in [-0.25, -0.2) is 0 Å². The lowest BCUT2D eigenvalue weighted by atomic mass is 10.1. The minimum Gasteiger partial charge on any atom is -0.469 e. The van der Waals surface area contributed by atoms with Gasteiger partial charge < -0.3 is 9.15 Å².